The SMILES string of the molecule is C[C@@H](Cc1c(F)cccc1F)NC(=O)c1cccc(-n2cncn2)c1. The Kier molecular flexibility index (Phi) is 4.83. The van der Waals surface area contributed by atoms with Crippen LogP contribution in [0, 0.1) is 11.6 Å². The number of hydrogen-bond acceptors (Lipinski definition) is 3. The zero-order valence-electron chi connectivity index (χ0n) is 13.5. The van der Waals surface area contributed by atoms with Gasteiger partial charge in [0.05, 0.1) is 5.69 Å². The van der Waals surface area contributed by atoms with E-state index in [1.165, 1.54) is 35.5 Å². The van der Waals surface area contributed by atoms with Crippen LogP contribution < -0.4 is 5.32 Å². The van der Waals surface area contributed by atoms with E-state index in [-0.39, 0.29) is 17.9 Å². The molecule has 1 amide bonds. The number of benzene rings is 2. The van der Waals surface area contributed by atoms with Gasteiger partial charge < -0.3 is 5.32 Å². The number of carbonyl (C=O) groups is 1. The molecule has 3 rings (SSSR count). The van der Waals surface area contributed by atoms with Crippen LogP contribution in [0.15, 0.2) is 55.1 Å². The van der Waals surface area contributed by atoms with Gasteiger partial charge in [0.1, 0.15) is 24.3 Å². The van der Waals surface area contributed by atoms with Crippen molar-refractivity contribution in [1.82, 2.24) is 20.1 Å². The summed E-state index contributed by atoms with van der Waals surface area (Å²) in [6.07, 6.45) is 2.99. The van der Waals surface area contributed by atoms with Crippen molar-refractivity contribution in [1.29, 1.82) is 0 Å². The van der Waals surface area contributed by atoms with Crippen molar-refractivity contribution in [2.24, 2.45) is 0 Å². The molecular formula is C18H16F2N4O. The molecule has 0 radical (unpaired) electrons. The third kappa shape index (κ3) is 3.88. The summed E-state index contributed by atoms with van der Waals surface area (Å²) >= 11 is 0. The minimum atomic E-state index is -0.616. The van der Waals surface area contributed by atoms with Crippen molar-refractivity contribution >= 4 is 5.91 Å². The third-order valence-electron chi connectivity index (χ3n) is 3.74. The molecule has 0 unspecified atom stereocenters. The molecule has 0 spiro atoms. The molecule has 1 N–H and O–H groups in total. The lowest BCUT2D eigenvalue weighted by atomic mass is 10.1. The standard InChI is InChI=1S/C18H16F2N4O/c1-12(8-15-16(19)6-3-7-17(15)20)23-18(25)13-4-2-5-14(9-13)24-11-21-10-22-24/h2-7,9-12H,8H2,1H3,(H,23,25)/t12-/m0/s1. The van der Waals surface area contributed by atoms with Crippen molar-refractivity contribution < 1.29 is 13.6 Å². The topological polar surface area (TPSA) is 59.8 Å². The molecule has 128 valence electrons. The molecule has 0 fully saturated rings. The molecule has 0 saturated carbocycles. The molecule has 0 aliphatic heterocycles. The second kappa shape index (κ2) is 7.21. The lowest BCUT2D eigenvalue weighted by molar-refractivity contribution is 0.0939. The third-order valence-corrected chi connectivity index (χ3v) is 3.74. The maximum absolute atomic E-state index is 13.7. The molecule has 0 aliphatic carbocycles. The molecular weight excluding hydrogens is 326 g/mol. The predicted molar refractivity (Wildman–Crippen MR) is 88.3 cm³/mol. The largest absolute Gasteiger partial charge is 0.349 e. The van der Waals surface area contributed by atoms with Crippen LogP contribution in [-0.4, -0.2) is 26.7 Å². The van der Waals surface area contributed by atoms with E-state index in [1.807, 2.05) is 0 Å². The molecule has 0 bridgehead atoms. The van der Waals surface area contributed by atoms with Gasteiger partial charge in [-0.2, -0.15) is 5.10 Å². The predicted octanol–water partition coefficient (Wildman–Crippen LogP) is 2.91. The monoisotopic (exact) mass is 342 g/mol. The van der Waals surface area contributed by atoms with E-state index in [0.717, 1.165) is 0 Å². The summed E-state index contributed by atoms with van der Waals surface area (Å²) in [5.41, 5.74) is 1.08. The molecule has 1 atom stereocenters. The summed E-state index contributed by atoms with van der Waals surface area (Å²) in [4.78, 5) is 16.3. The summed E-state index contributed by atoms with van der Waals surface area (Å²) < 4.78 is 29.0. The van der Waals surface area contributed by atoms with Crippen LogP contribution in [0.25, 0.3) is 5.69 Å². The van der Waals surface area contributed by atoms with Gasteiger partial charge in [-0.05, 0) is 43.7 Å². The quantitative estimate of drug-likeness (QED) is 0.776. The van der Waals surface area contributed by atoms with Gasteiger partial charge >= 0.3 is 0 Å². The molecule has 25 heavy (non-hydrogen) atoms. The lowest BCUT2D eigenvalue weighted by Crippen LogP contribution is -2.34. The number of nitrogens with zero attached hydrogens (tertiary/aromatic N) is 3. The summed E-state index contributed by atoms with van der Waals surface area (Å²) in [5.74, 6) is -1.56. The normalized spacial score (nSPS) is 12.0. The van der Waals surface area contributed by atoms with Gasteiger partial charge in [-0.25, -0.2) is 18.4 Å². The maximum Gasteiger partial charge on any atom is 0.251 e. The van der Waals surface area contributed by atoms with E-state index >= 15 is 0 Å². The average Bonchev–Trinajstić information content (AvgIpc) is 3.13. The number of halogens is 2. The van der Waals surface area contributed by atoms with Crippen molar-refractivity contribution in [3.63, 3.8) is 0 Å². The summed E-state index contributed by atoms with van der Waals surface area (Å²) in [6, 6.07) is 10.1. The van der Waals surface area contributed by atoms with E-state index in [4.69, 9.17) is 0 Å². The van der Waals surface area contributed by atoms with Gasteiger partial charge in [0, 0.05) is 17.2 Å². The highest BCUT2D eigenvalue weighted by molar-refractivity contribution is 5.94. The Hall–Kier alpha value is -3.09. The number of nitrogens with one attached hydrogen (secondary N) is 1. The number of carbonyl (C=O) groups excluding carboxylic acids is 1. The molecule has 5 nitrogen and oxygen atoms in total. The maximum atomic E-state index is 13.7. The zero-order valence-corrected chi connectivity index (χ0v) is 13.5. The van der Waals surface area contributed by atoms with Gasteiger partial charge in [-0.1, -0.05) is 12.1 Å². The highest BCUT2D eigenvalue weighted by Gasteiger charge is 2.15. The Morgan fingerprint density at radius 2 is 1.92 bits per heavy atom. The fourth-order valence-electron chi connectivity index (χ4n) is 2.52. The molecule has 1 aromatic heterocycles. The van der Waals surface area contributed by atoms with Gasteiger partial charge in [-0.3, -0.25) is 4.79 Å². The van der Waals surface area contributed by atoms with E-state index in [0.29, 0.717) is 11.3 Å². The van der Waals surface area contributed by atoms with Gasteiger partial charge in [0.25, 0.3) is 5.91 Å². The van der Waals surface area contributed by atoms with E-state index in [2.05, 4.69) is 15.4 Å². The van der Waals surface area contributed by atoms with E-state index < -0.39 is 17.7 Å². The minimum Gasteiger partial charge on any atom is -0.349 e. The highest BCUT2D eigenvalue weighted by Crippen LogP contribution is 2.15. The number of amides is 1. The molecule has 1 heterocycles. The van der Waals surface area contributed by atoms with Gasteiger partial charge in [-0.15, -0.1) is 0 Å². The van der Waals surface area contributed by atoms with Crippen molar-refractivity contribution in [3.8, 4) is 5.69 Å². The lowest BCUT2D eigenvalue weighted by Gasteiger charge is -2.15. The molecule has 0 saturated heterocycles. The first-order valence-corrected chi connectivity index (χ1v) is 7.73. The smallest absolute Gasteiger partial charge is 0.251 e. The Balaban J connectivity index is 1.71. The number of aromatic nitrogens is 3. The molecule has 2 aromatic carbocycles. The van der Waals surface area contributed by atoms with E-state index in [1.54, 1.807) is 31.2 Å². The average molecular weight is 342 g/mol. The summed E-state index contributed by atoms with van der Waals surface area (Å²) in [6.45, 7) is 1.70. The van der Waals surface area contributed by atoms with Crippen LogP contribution >= 0.6 is 0 Å². The number of rotatable bonds is 5. The molecule has 0 aliphatic rings. The van der Waals surface area contributed by atoms with Gasteiger partial charge in [0.2, 0.25) is 0 Å². The summed E-state index contributed by atoms with van der Waals surface area (Å²) in [5, 5.41) is 6.77. The van der Waals surface area contributed by atoms with Crippen LogP contribution in [0.2, 0.25) is 0 Å². The first-order chi connectivity index (χ1) is 12.0. The Morgan fingerprint density at radius 1 is 1.20 bits per heavy atom. The second-order valence-electron chi connectivity index (χ2n) is 5.67. The Morgan fingerprint density at radius 3 is 2.60 bits per heavy atom. The van der Waals surface area contributed by atoms with Crippen LogP contribution in [0.3, 0.4) is 0 Å². The minimum absolute atomic E-state index is 0.0355. The fourth-order valence-corrected chi connectivity index (χ4v) is 2.52. The van der Waals surface area contributed by atoms with E-state index in [9.17, 15) is 13.6 Å². The summed E-state index contributed by atoms with van der Waals surface area (Å²) in [7, 11) is 0. The molecule has 7 heteroatoms. The number of hydrogen-bond donors (Lipinski definition) is 1. The Bertz CT molecular complexity index is 860. The van der Waals surface area contributed by atoms with Crippen LogP contribution in [0.5, 0.6) is 0 Å². The van der Waals surface area contributed by atoms with Crippen LogP contribution in [-0.2, 0) is 6.42 Å². The van der Waals surface area contributed by atoms with Crippen molar-refractivity contribution in [2.75, 3.05) is 0 Å². The molecule has 3 aromatic rings. The van der Waals surface area contributed by atoms with Gasteiger partial charge in [0.15, 0.2) is 0 Å². The Labute approximate surface area is 143 Å². The van der Waals surface area contributed by atoms with Crippen molar-refractivity contribution in [2.45, 2.75) is 19.4 Å². The first-order valence-electron chi connectivity index (χ1n) is 7.73. The second-order valence-corrected chi connectivity index (χ2v) is 5.67. The fraction of sp³-hybridized carbons (Fsp3) is 0.167. The van der Waals surface area contributed by atoms with Crippen LogP contribution in [0.1, 0.15) is 22.8 Å². The zero-order chi connectivity index (χ0) is 17.8. The van der Waals surface area contributed by atoms with Crippen LogP contribution in [0.4, 0.5) is 8.78 Å². The highest BCUT2D eigenvalue weighted by atomic mass is 19.1. The first kappa shape index (κ1) is 16.8. The van der Waals surface area contributed by atoms with Crippen molar-refractivity contribution in [3.05, 3.63) is 77.9 Å².